The zero-order valence-electron chi connectivity index (χ0n) is 32.5. The highest BCUT2D eigenvalue weighted by atomic mass is 32.2. The van der Waals surface area contributed by atoms with E-state index in [-0.39, 0.29) is 46.7 Å². The molecule has 12 heteroatoms. The fraction of sp³-hybridized carbons (Fsp3) is 0.289. The zero-order valence-corrected chi connectivity index (χ0v) is 34.1. The highest BCUT2D eigenvalue weighted by molar-refractivity contribution is 7.92. The normalized spacial score (nSPS) is 12.4. The predicted molar refractivity (Wildman–Crippen MR) is 222 cm³/mol. The van der Waals surface area contributed by atoms with E-state index in [2.05, 4.69) is 5.32 Å². The number of aryl methyl sites for hydroxylation is 3. The largest absolute Gasteiger partial charge is 0.465 e. The predicted octanol–water partition coefficient (Wildman–Crippen LogP) is 8.66. The molecule has 5 aromatic rings. The number of hydrogen-bond donors (Lipinski definition) is 1. The number of carbonyl (C=O) groups is 4. The van der Waals surface area contributed by atoms with Gasteiger partial charge in [0, 0.05) is 33.5 Å². The number of fused-ring (bicyclic) bond motifs is 1. The van der Waals surface area contributed by atoms with Gasteiger partial charge in [-0.1, -0.05) is 42.5 Å². The first-order valence-corrected chi connectivity index (χ1v) is 21.3. The molecular weight excluding hydrogens is 761 g/mol. The molecule has 0 saturated heterocycles. The number of anilines is 2. The van der Waals surface area contributed by atoms with E-state index < -0.39 is 22.0 Å². The molecule has 0 aliphatic heterocycles. The molecule has 1 heterocycles. The van der Waals surface area contributed by atoms with Crippen LogP contribution in [0.4, 0.5) is 11.4 Å². The molecule has 0 radical (unpaired) electrons. The van der Waals surface area contributed by atoms with Crippen molar-refractivity contribution in [2.75, 3.05) is 23.3 Å². The van der Waals surface area contributed by atoms with Gasteiger partial charge in [-0.2, -0.15) is 0 Å². The molecule has 0 saturated carbocycles. The molecule has 1 N–H and O–H groups in total. The van der Waals surface area contributed by atoms with Crippen LogP contribution in [0.3, 0.4) is 0 Å². The Morgan fingerprint density at radius 2 is 1.44 bits per heavy atom. The van der Waals surface area contributed by atoms with Crippen molar-refractivity contribution in [3.05, 3.63) is 146 Å². The number of hydrogen-bond acceptors (Lipinski definition) is 9. The number of amides is 1. The molecule has 0 spiro atoms. The first-order valence-electron chi connectivity index (χ1n) is 19.1. The van der Waals surface area contributed by atoms with Crippen molar-refractivity contribution < 1.29 is 37.1 Å². The molecule has 1 aliphatic carbocycles. The van der Waals surface area contributed by atoms with Crippen molar-refractivity contribution >= 4 is 56.4 Å². The van der Waals surface area contributed by atoms with Crippen LogP contribution in [0.5, 0.6) is 0 Å². The zero-order chi connectivity index (χ0) is 40.7. The van der Waals surface area contributed by atoms with Crippen molar-refractivity contribution in [2.24, 2.45) is 0 Å². The second kappa shape index (κ2) is 18.1. The number of esters is 2. The third kappa shape index (κ3) is 9.52. The van der Waals surface area contributed by atoms with Crippen molar-refractivity contribution in [3.8, 4) is 0 Å². The standard InChI is InChI=1S/C45H46N2O8S2/c1-5-55-45(51)34-11-8-12-36(26-34)47(29(2)3)57(52,53)37-13-9-10-33(27-37)39(48)28-41-42(38-14-6-7-15-40(38)56-41)43(49)46-35-24-20-31(21-25-35)17-16-30-18-22-32(23-19-30)44(50)54-4/h8-13,18-27,29H,5-7,14-17,28H2,1-4H3,(H,46,49). The Kier molecular flexibility index (Phi) is 13.1. The SMILES string of the molecule is CCOC(=O)c1cccc(N(C(C)C)S(=O)(=O)c2cccc(C(=O)Cc3sc4c(c3C(=O)Nc3ccc(CCc5ccc(C(=O)OC)cc5)cc3)CCCC4)c2)c1. The maximum absolute atomic E-state index is 14.2. The van der Waals surface area contributed by atoms with Crippen LogP contribution < -0.4 is 9.62 Å². The van der Waals surface area contributed by atoms with E-state index in [4.69, 9.17) is 9.47 Å². The molecule has 0 atom stereocenters. The Balaban J connectivity index is 1.18. The lowest BCUT2D eigenvalue weighted by Gasteiger charge is -2.28. The summed E-state index contributed by atoms with van der Waals surface area (Å²) in [5.41, 5.74) is 5.58. The number of ether oxygens (including phenoxy) is 2. The van der Waals surface area contributed by atoms with Crippen LogP contribution in [0.25, 0.3) is 0 Å². The average molecular weight is 807 g/mol. The van der Waals surface area contributed by atoms with Gasteiger partial charge in [0.25, 0.3) is 15.9 Å². The monoisotopic (exact) mass is 806 g/mol. The number of benzene rings is 4. The minimum absolute atomic E-state index is 0.0566. The van der Waals surface area contributed by atoms with Crippen molar-refractivity contribution in [2.45, 2.75) is 76.7 Å². The minimum atomic E-state index is -4.17. The fourth-order valence-electron chi connectivity index (χ4n) is 7.06. The van der Waals surface area contributed by atoms with Gasteiger partial charge in [-0.05, 0) is 131 Å². The molecule has 1 aliphatic rings. The van der Waals surface area contributed by atoms with Gasteiger partial charge in [0.15, 0.2) is 5.78 Å². The lowest BCUT2D eigenvalue weighted by Crippen LogP contribution is -2.37. The lowest BCUT2D eigenvalue weighted by molar-refractivity contribution is 0.0525. The van der Waals surface area contributed by atoms with Crippen LogP contribution in [-0.4, -0.2) is 51.8 Å². The van der Waals surface area contributed by atoms with Crippen LogP contribution in [0.1, 0.15) is 101 Å². The summed E-state index contributed by atoms with van der Waals surface area (Å²) in [6, 6.07) is 26.8. The number of rotatable bonds is 15. The number of thiophene rings is 1. The first kappa shape index (κ1) is 41.1. The van der Waals surface area contributed by atoms with Gasteiger partial charge in [0.05, 0.1) is 41.0 Å². The summed E-state index contributed by atoms with van der Waals surface area (Å²) in [7, 11) is -2.81. The van der Waals surface area contributed by atoms with Crippen LogP contribution in [-0.2, 0) is 51.6 Å². The van der Waals surface area contributed by atoms with Gasteiger partial charge in [0.2, 0.25) is 0 Å². The van der Waals surface area contributed by atoms with Gasteiger partial charge >= 0.3 is 11.9 Å². The number of nitrogens with one attached hydrogen (secondary N) is 1. The quantitative estimate of drug-likeness (QED) is 0.0821. The number of Topliss-reactive ketones (excluding diaryl/α,β-unsaturated/α-hetero) is 1. The van der Waals surface area contributed by atoms with Crippen molar-refractivity contribution in [1.82, 2.24) is 0 Å². The maximum Gasteiger partial charge on any atom is 0.338 e. The Labute approximate surface area is 337 Å². The van der Waals surface area contributed by atoms with Crippen LogP contribution in [0, 0.1) is 0 Å². The third-order valence-corrected chi connectivity index (χ3v) is 13.2. The van der Waals surface area contributed by atoms with Crippen molar-refractivity contribution in [3.63, 3.8) is 0 Å². The van der Waals surface area contributed by atoms with E-state index >= 15 is 0 Å². The topological polar surface area (TPSA) is 136 Å². The summed E-state index contributed by atoms with van der Waals surface area (Å²) in [6.45, 7) is 5.36. The van der Waals surface area contributed by atoms with Gasteiger partial charge in [0.1, 0.15) is 0 Å². The fourth-order valence-corrected chi connectivity index (χ4v) is 10.2. The Morgan fingerprint density at radius 1 is 0.789 bits per heavy atom. The van der Waals surface area contributed by atoms with E-state index in [9.17, 15) is 27.6 Å². The number of carbonyl (C=O) groups excluding carboxylic acids is 4. The van der Waals surface area contributed by atoms with Crippen LogP contribution >= 0.6 is 11.3 Å². The van der Waals surface area contributed by atoms with Gasteiger partial charge in [-0.25, -0.2) is 18.0 Å². The number of nitrogens with zero attached hydrogens (tertiary/aromatic N) is 1. The summed E-state index contributed by atoms with van der Waals surface area (Å²) in [4.78, 5) is 53.8. The Bertz CT molecular complexity index is 2380. The smallest absolute Gasteiger partial charge is 0.338 e. The van der Waals surface area contributed by atoms with Gasteiger partial charge in [-0.3, -0.25) is 13.9 Å². The van der Waals surface area contributed by atoms with Crippen LogP contribution in [0.15, 0.2) is 102 Å². The highest BCUT2D eigenvalue weighted by Crippen LogP contribution is 2.36. The second-order valence-corrected chi connectivity index (χ2v) is 17.1. The van der Waals surface area contributed by atoms with E-state index in [1.807, 2.05) is 36.4 Å². The van der Waals surface area contributed by atoms with E-state index in [1.165, 1.54) is 41.0 Å². The Morgan fingerprint density at radius 3 is 2.11 bits per heavy atom. The lowest BCUT2D eigenvalue weighted by atomic mass is 9.93. The summed E-state index contributed by atoms with van der Waals surface area (Å²) in [5, 5.41) is 3.06. The van der Waals surface area contributed by atoms with Gasteiger partial charge in [-0.15, -0.1) is 11.3 Å². The first-order chi connectivity index (χ1) is 27.4. The minimum Gasteiger partial charge on any atom is -0.465 e. The summed E-state index contributed by atoms with van der Waals surface area (Å²) in [5.74, 6) is -1.50. The molecule has 4 aromatic carbocycles. The summed E-state index contributed by atoms with van der Waals surface area (Å²) >= 11 is 1.49. The van der Waals surface area contributed by atoms with E-state index in [0.717, 1.165) is 60.1 Å². The van der Waals surface area contributed by atoms with Crippen LogP contribution in [0.2, 0.25) is 0 Å². The molecule has 1 amide bonds. The Hall–Kier alpha value is -5.59. The molecule has 10 nitrogen and oxygen atoms in total. The molecule has 0 bridgehead atoms. The maximum atomic E-state index is 14.2. The molecule has 0 fully saturated rings. The second-order valence-electron chi connectivity index (χ2n) is 14.1. The summed E-state index contributed by atoms with van der Waals surface area (Å²) in [6.07, 6.45) is 5.04. The number of methoxy groups -OCH3 is 1. The molecule has 57 heavy (non-hydrogen) atoms. The van der Waals surface area contributed by atoms with Gasteiger partial charge < -0.3 is 14.8 Å². The molecule has 1 aromatic heterocycles. The highest BCUT2D eigenvalue weighted by Gasteiger charge is 2.30. The van der Waals surface area contributed by atoms with E-state index in [1.54, 1.807) is 63.2 Å². The molecule has 6 rings (SSSR count). The van der Waals surface area contributed by atoms with Crippen molar-refractivity contribution in [1.29, 1.82) is 0 Å². The third-order valence-electron chi connectivity index (χ3n) is 9.88. The average Bonchev–Trinajstić information content (AvgIpc) is 3.58. The molecular formula is C45H46N2O8S2. The summed E-state index contributed by atoms with van der Waals surface area (Å²) < 4.78 is 39.4. The molecule has 0 unspecified atom stereocenters. The van der Waals surface area contributed by atoms with E-state index in [0.29, 0.717) is 27.4 Å². The number of ketones is 1. The molecule has 296 valence electrons. The number of sulfonamides is 1.